The van der Waals surface area contributed by atoms with Crippen molar-refractivity contribution >= 4 is 24.5 Å². The SMILES string of the molecule is COC(=O)c1c(OC)cccc1B1OC(C)(C)C(C)(C)O1.COc1cccc(-c2ncccn2)c1C(=O)O. The predicted octanol–water partition coefficient (Wildman–Crippen LogP) is 3.63. The van der Waals surface area contributed by atoms with E-state index in [1.165, 1.54) is 21.3 Å². The Morgan fingerprint density at radius 1 is 0.816 bits per heavy atom. The fourth-order valence-electron chi connectivity index (χ4n) is 3.75. The van der Waals surface area contributed by atoms with Crippen molar-refractivity contribution in [2.24, 2.45) is 0 Å². The molecule has 0 amide bonds. The molecule has 0 atom stereocenters. The molecule has 1 aromatic heterocycles. The normalized spacial score (nSPS) is 15.2. The highest BCUT2D eigenvalue weighted by molar-refractivity contribution is 6.63. The Morgan fingerprint density at radius 2 is 1.34 bits per heavy atom. The van der Waals surface area contributed by atoms with Crippen LogP contribution in [0.15, 0.2) is 54.9 Å². The molecule has 1 N–H and O–H groups in total. The van der Waals surface area contributed by atoms with Crippen LogP contribution in [0.3, 0.4) is 0 Å². The van der Waals surface area contributed by atoms with Crippen LogP contribution in [0.5, 0.6) is 11.5 Å². The summed E-state index contributed by atoms with van der Waals surface area (Å²) in [6, 6.07) is 11.9. The molecule has 2 aromatic carbocycles. The van der Waals surface area contributed by atoms with Crippen molar-refractivity contribution in [3.63, 3.8) is 0 Å². The number of carbonyl (C=O) groups excluding carboxylic acids is 1. The van der Waals surface area contributed by atoms with Crippen LogP contribution in [-0.4, -0.2) is 66.7 Å². The van der Waals surface area contributed by atoms with E-state index in [0.717, 1.165) is 0 Å². The number of carboxylic acids is 1. The van der Waals surface area contributed by atoms with Crippen LogP contribution >= 0.6 is 0 Å². The average molecular weight is 522 g/mol. The Labute approximate surface area is 222 Å². The Kier molecular flexibility index (Phi) is 8.75. The van der Waals surface area contributed by atoms with E-state index >= 15 is 0 Å². The molecule has 0 aliphatic carbocycles. The highest BCUT2D eigenvalue weighted by atomic mass is 16.7. The molecular formula is C27H31BN2O8. The summed E-state index contributed by atoms with van der Waals surface area (Å²) in [6.45, 7) is 7.85. The minimum absolute atomic E-state index is 0.0706. The standard InChI is InChI=1S/C15H21BO5.C12H10N2O3/c1-14(2)15(3,4)21-16(20-14)10-8-7-9-11(18-5)12(10)13(17)19-6;1-17-9-5-2-4-8(10(9)12(15)16)11-13-6-3-7-14-11/h7-9H,1-6H3;2-7H,1H3,(H,15,16). The lowest BCUT2D eigenvalue weighted by Crippen LogP contribution is -2.41. The number of esters is 1. The fraction of sp³-hybridized carbons (Fsp3) is 0.333. The smallest absolute Gasteiger partial charge is 0.495 e. The van der Waals surface area contributed by atoms with Gasteiger partial charge in [-0.15, -0.1) is 0 Å². The molecule has 1 aliphatic heterocycles. The second-order valence-electron chi connectivity index (χ2n) is 9.26. The molecule has 3 aromatic rings. The largest absolute Gasteiger partial charge is 0.496 e. The lowest BCUT2D eigenvalue weighted by molar-refractivity contribution is 0.00578. The van der Waals surface area contributed by atoms with Crippen molar-refractivity contribution in [3.05, 3.63) is 66.0 Å². The number of carboxylic acid groups (broad SMARTS) is 1. The number of benzene rings is 2. The van der Waals surface area contributed by atoms with Crippen LogP contribution in [0.1, 0.15) is 48.4 Å². The average Bonchev–Trinajstić information content (AvgIpc) is 3.14. The molecule has 11 heteroatoms. The fourth-order valence-corrected chi connectivity index (χ4v) is 3.75. The van der Waals surface area contributed by atoms with Gasteiger partial charge in [-0.2, -0.15) is 0 Å². The minimum Gasteiger partial charge on any atom is -0.496 e. The van der Waals surface area contributed by atoms with Gasteiger partial charge in [0.2, 0.25) is 0 Å². The number of methoxy groups -OCH3 is 3. The second kappa shape index (κ2) is 11.6. The van der Waals surface area contributed by atoms with E-state index in [0.29, 0.717) is 33.9 Å². The summed E-state index contributed by atoms with van der Waals surface area (Å²) in [4.78, 5) is 31.4. The molecule has 1 fully saturated rings. The lowest BCUT2D eigenvalue weighted by atomic mass is 9.75. The van der Waals surface area contributed by atoms with Crippen LogP contribution in [0.4, 0.5) is 0 Å². The van der Waals surface area contributed by atoms with Gasteiger partial charge in [0.15, 0.2) is 5.82 Å². The maximum Gasteiger partial charge on any atom is 0.495 e. The number of nitrogens with zero attached hydrogens (tertiary/aromatic N) is 2. The summed E-state index contributed by atoms with van der Waals surface area (Å²) in [5.74, 6) is -0.442. The second-order valence-corrected chi connectivity index (χ2v) is 9.26. The first kappa shape index (κ1) is 28.6. The minimum atomic E-state index is -1.06. The summed E-state index contributed by atoms with van der Waals surface area (Å²) >= 11 is 0. The molecule has 10 nitrogen and oxygen atoms in total. The Balaban J connectivity index is 0.000000215. The summed E-state index contributed by atoms with van der Waals surface area (Å²) in [5.41, 5.74) is 0.502. The summed E-state index contributed by atoms with van der Waals surface area (Å²) in [6.07, 6.45) is 3.13. The molecule has 0 unspecified atom stereocenters. The number of rotatable bonds is 6. The Bertz CT molecular complexity index is 1280. The van der Waals surface area contributed by atoms with Crippen molar-refractivity contribution in [2.75, 3.05) is 21.3 Å². The molecule has 200 valence electrons. The number of aromatic carboxylic acids is 1. The zero-order chi connectivity index (χ0) is 28.1. The van der Waals surface area contributed by atoms with Gasteiger partial charge in [-0.25, -0.2) is 19.6 Å². The number of aromatic nitrogens is 2. The van der Waals surface area contributed by atoms with Gasteiger partial charge in [0.1, 0.15) is 22.6 Å². The van der Waals surface area contributed by atoms with Crippen LogP contribution in [0.2, 0.25) is 0 Å². The van der Waals surface area contributed by atoms with Crippen LogP contribution in [-0.2, 0) is 14.0 Å². The first-order chi connectivity index (χ1) is 18.0. The summed E-state index contributed by atoms with van der Waals surface area (Å²) in [7, 11) is 3.63. The first-order valence-electron chi connectivity index (χ1n) is 11.8. The number of hydrogen-bond acceptors (Lipinski definition) is 9. The number of hydrogen-bond donors (Lipinski definition) is 1. The maximum absolute atomic E-state index is 12.1. The molecule has 0 saturated carbocycles. The van der Waals surface area contributed by atoms with E-state index in [4.69, 9.17) is 23.5 Å². The van der Waals surface area contributed by atoms with E-state index in [-0.39, 0.29) is 5.56 Å². The Hall–Kier alpha value is -3.96. The van der Waals surface area contributed by atoms with Crippen molar-refractivity contribution < 1.29 is 38.2 Å². The van der Waals surface area contributed by atoms with Crippen LogP contribution in [0, 0.1) is 0 Å². The topological polar surface area (TPSA) is 126 Å². The van der Waals surface area contributed by atoms with Gasteiger partial charge in [0, 0.05) is 23.4 Å². The number of ether oxygens (including phenoxy) is 3. The van der Waals surface area contributed by atoms with Gasteiger partial charge in [0.05, 0.1) is 32.5 Å². The van der Waals surface area contributed by atoms with Gasteiger partial charge in [0.25, 0.3) is 0 Å². The molecule has 1 aliphatic rings. The predicted molar refractivity (Wildman–Crippen MR) is 141 cm³/mol. The molecular weight excluding hydrogens is 491 g/mol. The third-order valence-electron chi connectivity index (χ3n) is 6.44. The van der Waals surface area contributed by atoms with Gasteiger partial charge in [-0.3, -0.25) is 0 Å². The first-order valence-corrected chi connectivity index (χ1v) is 11.8. The highest BCUT2D eigenvalue weighted by Gasteiger charge is 2.52. The highest BCUT2D eigenvalue weighted by Crippen LogP contribution is 2.37. The molecule has 0 radical (unpaired) electrons. The van der Waals surface area contributed by atoms with Gasteiger partial charge < -0.3 is 28.6 Å². The van der Waals surface area contributed by atoms with Crippen molar-refractivity contribution in [3.8, 4) is 22.9 Å². The molecule has 4 rings (SSSR count). The number of carbonyl (C=O) groups is 2. The Morgan fingerprint density at radius 3 is 1.84 bits per heavy atom. The van der Waals surface area contributed by atoms with Crippen molar-refractivity contribution in [1.82, 2.24) is 9.97 Å². The molecule has 0 spiro atoms. The van der Waals surface area contributed by atoms with Crippen LogP contribution in [0.25, 0.3) is 11.4 Å². The van der Waals surface area contributed by atoms with E-state index in [9.17, 15) is 14.7 Å². The zero-order valence-corrected chi connectivity index (χ0v) is 22.5. The maximum atomic E-state index is 12.1. The quantitative estimate of drug-likeness (QED) is 0.379. The zero-order valence-electron chi connectivity index (χ0n) is 22.5. The van der Waals surface area contributed by atoms with Gasteiger partial charge in [-0.1, -0.05) is 24.3 Å². The van der Waals surface area contributed by atoms with Crippen molar-refractivity contribution in [2.45, 2.75) is 38.9 Å². The van der Waals surface area contributed by atoms with E-state index < -0.39 is 30.3 Å². The lowest BCUT2D eigenvalue weighted by Gasteiger charge is -2.32. The third kappa shape index (κ3) is 5.79. The summed E-state index contributed by atoms with van der Waals surface area (Å²) in [5, 5.41) is 9.20. The van der Waals surface area contributed by atoms with E-state index in [1.807, 2.05) is 27.7 Å². The summed E-state index contributed by atoms with van der Waals surface area (Å²) < 4.78 is 27.1. The van der Waals surface area contributed by atoms with Crippen LogP contribution < -0.4 is 14.9 Å². The third-order valence-corrected chi connectivity index (χ3v) is 6.44. The van der Waals surface area contributed by atoms with Gasteiger partial charge >= 0.3 is 19.1 Å². The molecule has 38 heavy (non-hydrogen) atoms. The monoisotopic (exact) mass is 522 g/mol. The molecule has 0 bridgehead atoms. The van der Waals surface area contributed by atoms with Gasteiger partial charge in [-0.05, 0) is 45.9 Å². The molecule has 1 saturated heterocycles. The molecule has 2 heterocycles. The van der Waals surface area contributed by atoms with Crippen molar-refractivity contribution in [1.29, 1.82) is 0 Å². The van der Waals surface area contributed by atoms with E-state index in [2.05, 4.69) is 9.97 Å². The van der Waals surface area contributed by atoms with E-state index in [1.54, 1.807) is 54.9 Å².